The normalized spacial score (nSPS) is 11.4. The number of hydrogen-bond acceptors (Lipinski definition) is 5. The minimum Gasteiger partial charge on any atom is -0.483 e. The summed E-state index contributed by atoms with van der Waals surface area (Å²) >= 11 is 0. The highest BCUT2D eigenvalue weighted by Gasteiger charge is 2.16. The van der Waals surface area contributed by atoms with Gasteiger partial charge in [-0.15, -0.1) is 0 Å². The molecule has 0 bridgehead atoms. The van der Waals surface area contributed by atoms with Crippen molar-refractivity contribution in [1.29, 1.82) is 0 Å². The lowest BCUT2D eigenvalue weighted by atomic mass is 9.98. The first-order chi connectivity index (χ1) is 13.3. The Labute approximate surface area is 163 Å². The van der Waals surface area contributed by atoms with Gasteiger partial charge in [0.2, 0.25) is 0 Å². The van der Waals surface area contributed by atoms with Gasteiger partial charge in [-0.2, -0.15) is 0 Å². The summed E-state index contributed by atoms with van der Waals surface area (Å²) < 4.78 is 10.5. The molecule has 2 N–H and O–H groups in total. The van der Waals surface area contributed by atoms with Gasteiger partial charge in [0.1, 0.15) is 11.5 Å². The molecule has 1 amide bonds. The highest BCUT2D eigenvalue weighted by molar-refractivity contribution is 6.01. The monoisotopic (exact) mass is 385 g/mol. The molecule has 0 aliphatic rings. The average molecular weight is 385 g/mol. The van der Waals surface area contributed by atoms with E-state index < -0.39 is 17.8 Å². The summed E-state index contributed by atoms with van der Waals surface area (Å²) in [5, 5.41) is 11.9. The van der Waals surface area contributed by atoms with E-state index in [4.69, 9.17) is 9.47 Å². The molecule has 0 aliphatic carbocycles. The second kappa shape index (κ2) is 9.55. The Bertz CT molecular complexity index is 877. The molecule has 7 nitrogen and oxygen atoms in total. The molecule has 28 heavy (non-hydrogen) atoms. The maximum absolute atomic E-state index is 12.3. The molecule has 1 atom stereocenters. The van der Waals surface area contributed by atoms with E-state index in [-0.39, 0.29) is 29.5 Å². The first kappa shape index (κ1) is 21.0. The second-order valence-corrected chi connectivity index (χ2v) is 6.29. The molecular weight excluding hydrogens is 362 g/mol. The van der Waals surface area contributed by atoms with Crippen molar-refractivity contribution in [3.8, 4) is 11.5 Å². The van der Waals surface area contributed by atoms with Crippen LogP contribution in [-0.2, 0) is 9.59 Å². The number of aromatic carboxylic acids is 1. The van der Waals surface area contributed by atoms with Crippen LogP contribution in [0.3, 0.4) is 0 Å². The quantitative estimate of drug-likeness (QED) is 0.529. The Hall–Kier alpha value is -3.35. The van der Waals surface area contributed by atoms with Gasteiger partial charge >= 0.3 is 11.9 Å². The molecule has 0 fully saturated rings. The van der Waals surface area contributed by atoms with Gasteiger partial charge in [-0.1, -0.05) is 32.0 Å². The van der Waals surface area contributed by atoms with Gasteiger partial charge in [-0.3, -0.25) is 9.59 Å². The SMILES string of the molecule is CC[C@@H](C)c1ccccc1OCC(=O)Nc1ccc(OC(C)=O)cc1C(=O)O. The number of carboxylic acid groups (broad SMARTS) is 1. The highest BCUT2D eigenvalue weighted by atomic mass is 16.5. The van der Waals surface area contributed by atoms with Crippen molar-refractivity contribution < 1.29 is 29.0 Å². The number of carbonyl (C=O) groups excluding carboxylic acids is 2. The smallest absolute Gasteiger partial charge is 0.337 e. The molecule has 148 valence electrons. The maximum atomic E-state index is 12.3. The second-order valence-electron chi connectivity index (χ2n) is 6.29. The van der Waals surface area contributed by atoms with Gasteiger partial charge in [0.05, 0.1) is 11.3 Å². The van der Waals surface area contributed by atoms with E-state index in [0.717, 1.165) is 12.0 Å². The van der Waals surface area contributed by atoms with Crippen LogP contribution in [0.2, 0.25) is 0 Å². The van der Waals surface area contributed by atoms with Crippen LogP contribution in [-0.4, -0.2) is 29.6 Å². The van der Waals surface area contributed by atoms with Crippen LogP contribution in [0.1, 0.15) is 49.0 Å². The van der Waals surface area contributed by atoms with E-state index in [0.29, 0.717) is 5.75 Å². The number of esters is 1. The number of benzene rings is 2. The fourth-order valence-corrected chi connectivity index (χ4v) is 2.61. The van der Waals surface area contributed by atoms with Crippen molar-refractivity contribution in [3.63, 3.8) is 0 Å². The molecule has 2 aromatic rings. The molecule has 2 rings (SSSR count). The third-order valence-electron chi connectivity index (χ3n) is 4.18. The summed E-state index contributed by atoms with van der Waals surface area (Å²) in [7, 11) is 0. The van der Waals surface area contributed by atoms with Crippen LogP contribution in [0.4, 0.5) is 5.69 Å². The number of carboxylic acids is 1. The number of amides is 1. The minimum absolute atomic E-state index is 0.0848. The summed E-state index contributed by atoms with van der Waals surface area (Å²) in [6.45, 7) is 5.09. The summed E-state index contributed by atoms with van der Waals surface area (Å²) in [4.78, 5) is 34.7. The van der Waals surface area contributed by atoms with Crippen LogP contribution < -0.4 is 14.8 Å². The fraction of sp³-hybridized carbons (Fsp3) is 0.286. The van der Waals surface area contributed by atoms with E-state index in [1.165, 1.54) is 25.1 Å². The zero-order valence-corrected chi connectivity index (χ0v) is 16.0. The minimum atomic E-state index is -1.26. The van der Waals surface area contributed by atoms with Gasteiger partial charge < -0.3 is 19.9 Å². The zero-order valence-electron chi connectivity index (χ0n) is 16.0. The van der Waals surface area contributed by atoms with Gasteiger partial charge in [-0.05, 0) is 42.2 Å². The predicted octanol–water partition coefficient (Wildman–Crippen LogP) is 3.84. The largest absolute Gasteiger partial charge is 0.483 e. The summed E-state index contributed by atoms with van der Waals surface area (Å²) in [5.41, 5.74) is 0.911. The van der Waals surface area contributed by atoms with Crippen molar-refractivity contribution in [2.24, 2.45) is 0 Å². The van der Waals surface area contributed by atoms with Crippen LogP contribution >= 0.6 is 0 Å². The molecule has 0 radical (unpaired) electrons. The molecule has 0 heterocycles. The number of anilines is 1. The Kier molecular flexibility index (Phi) is 7.14. The Balaban J connectivity index is 2.09. The third-order valence-corrected chi connectivity index (χ3v) is 4.18. The molecule has 2 aromatic carbocycles. The Morgan fingerprint density at radius 2 is 1.86 bits per heavy atom. The standard InChI is InChI=1S/C21H23NO6/c1-4-13(2)16-7-5-6-8-19(16)27-12-20(24)22-18-10-9-15(28-14(3)23)11-17(18)21(25)26/h5-11,13H,4,12H2,1-3H3,(H,22,24)(H,25,26)/t13-/m1/s1. The highest BCUT2D eigenvalue weighted by Crippen LogP contribution is 2.28. The van der Waals surface area contributed by atoms with E-state index in [1.807, 2.05) is 18.2 Å². The molecule has 7 heteroatoms. The molecule has 0 saturated heterocycles. The third kappa shape index (κ3) is 5.57. The van der Waals surface area contributed by atoms with Crippen molar-refractivity contribution in [2.75, 3.05) is 11.9 Å². The summed E-state index contributed by atoms with van der Waals surface area (Å²) in [5.74, 6) is -1.33. The first-order valence-corrected chi connectivity index (χ1v) is 8.89. The topological polar surface area (TPSA) is 102 Å². The Morgan fingerprint density at radius 3 is 2.50 bits per heavy atom. The molecular formula is C21H23NO6. The van der Waals surface area contributed by atoms with Crippen molar-refractivity contribution in [3.05, 3.63) is 53.6 Å². The lowest BCUT2D eigenvalue weighted by Crippen LogP contribution is -2.22. The van der Waals surface area contributed by atoms with Crippen molar-refractivity contribution in [2.45, 2.75) is 33.1 Å². The zero-order chi connectivity index (χ0) is 20.7. The Morgan fingerprint density at radius 1 is 1.14 bits per heavy atom. The first-order valence-electron chi connectivity index (χ1n) is 8.89. The van der Waals surface area contributed by atoms with Crippen LogP contribution in [0.5, 0.6) is 11.5 Å². The van der Waals surface area contributed by atoms with E-state index >= 15 is 0 Å². The van der Waals surface area contributed by atoms with Crippen molar-refractivity contribution in [1.82, 2.24) is 0 Å². The van der Waals surface area contributed by atoms with Gasteiger partial charge in [0.15, 0.2) is 6.61 Å². The van der Waals surface area contributed by atoms with Gasteiger partial charge in [0.25, 0.3) is 5.91 Å². The lowest BCUT2D eigenvalue weighted by Gasteiger charge is -2.16. The maximum Gasteiger partial charge on any atom is 0.337 e. The van der Waals surface area contributed by atoms with Crippen molar-refractivity contribution >= 4 is 23.5 Å². The van der Waals surface area contributed by atoms with Gasteiger partial charge in [-0.25, -0.2) is 4.79 Å². The molecule has 0 spiro atoms. The van der Waals surface area contributed by atoms with E-state index in [9.17, 15) is 19.5 Å². The fourth-order valence-electron chi connectivity index (χ4n) is 2.61. The summed E-state index contributed by atoms with van der Waals surface area (Å²) in [6.07, 6.45) is 0.934. The van der Waals surface area contributed by atoms with Crippen LogP contribution in [0, 0.1) is 0 Å². The number of ether oxygens (including phenoxy) is 2. The van der Waals surface area contributed by atoms with Crippen LogP contribution in [0.15, 0.2) is 42.5 Å². The molecule has 0 unspecified atom stereocenters. The van der Waals surface area contributed by atoms with Gasteiger partial charge in [0, 0.05) is 6.92 Å². The number of rotatable bonds is 8. The molecule has 0 aliphatic heterocycles. The van der Waals surface area contributed by atoms with E-state index in [1.54, 1.807) is 6.07 Å². The van der Waals surface area contributed by atoms with E-state index in [2.05, 4.69) is 19.2 Å². The van der Waals surface area contributed by atoms with Crippen LogP contribution in [0.25, 0.3) is 0 Å². The number of hydrogen-bond donors (Lipinski definition) is 2. The summed E-state index contributed by atoms with van der Waals surface area (Å²) in [6, 6.07) is 11.4. The number of carbonyl (C=O) groups is 3. The predicted molar refractivity (Wildman–Crippen MR) is 104 cm³/mol. The lowest BCUT2D eigenvalue weighted by molar-refractivity contribution is -0.131. The molecule has 0 saturated carbocycles. The average Bonchev–Trinajstić information content (AvgIpc) is 2.66. The molecule has 0 aromatic heterocycles. The number of nitrogens with one attached hydrogen (secondary N) is 1. The number of para-hydroxylation sites is 1.